The number of halogens is 1. The molecule has 0 bridgehead atoms. The number of nitrogens with zero attached hydrogens (tertiary/aromatic N) is 1. The Morgan fingerprint density at radius 2 is 2.00 bits per heavy atom. The number of hydrogen-bond donors (Lipinski definition) is 2. The van der Waals surface area contributed by atoms with E-state index in [1.165, 1.54) is 6.07 Å². The summed E-state index contributed by atoms with van der Waals surface area (Å²) in [4.78, 5) is 14.1. The zero-order chi connectivity index (χ0) is 14.1. The molecule has 20 heavy (non-hydrogen) atoms. The Bertz CT molecular complexity index is 823. The van der Waals surface area contributed by atoms with Crippen LogP contribution in [-0.4, -0.2) is 10.1 Å². The smallest absolute Gasteiger partial charge is 0.248 e. The van der Waals surface area contributed by atoms with Gasteiger partial charge in [0.25, 0.3) is 0 Å². The number of rotatable bonds is 2. The molecule has 6 heteroatoms. The minimum atomic E-state index is -0.204. The number of nitrogens with two attached hydrogens (primary N) is 1. The van der Waals surface area contributed by atoms with Gasteiger partial charge in [-0.3, -0.25) is 4.79 Å². The summed E-state index contributed by atoms with van der Waals surface area (Å²) in [7, 11) is 0. The zero-order valence-electron chi connectivity index (χ0n) is 10.3. The van der Waals surface area contributed by atoms with E-state index in [0.717, 1.165) is 10.0 Å². The number of pyridine rings is 1. The maximum absolute atomic E-state index is 11.4. The van der Waals surface area contributed by atoms with Gasteiger partial charge < -0.3 is 15.2 Å². The number of benzene rings is 1. The number of nitrogens with one attached hydrogen (secondary N) is 1. The van der Waals surface area contributed by atoms with Crippen LogP contribution in [-0.2, 0) is 0 Å². The summed E-state index contributed by atoms with van der Waals surface area (Å²) in [5.41, 5.74) is 8.25. The lowest BCUT2D eigenvalue weighted by Crippen LogP contribution is -2.04. The molecular weight excluding hydrogens is 322 g/mol. The summed E-state index contributed by atoms with van der Waals surface area (Å²) in [5.74, 6) is 0.211. The molecule has 0 unspecified atom stereocenters. The van der Waals surface area contributed by atoms with Gasteiger partial charge in [-0.1, -0.05) is 39.3 Å². The van der Waals surface area contributed by atoms with Gasteiger partial charge in [-0.2, -0.15) is 0 Å². The summed E-state index contributed by atoms with van der Waals surface area (Å²) < 4.78 is 5.99. The van der Waals surface area contributed by atoms with Crippen LogP contribution in [0.3, 0.4) is 0 Å². The molecule has 0 fully saturated rings. The van der Waals surface area contributed by atoms with Gasteiger partial charge >= 0.3 is 0 Å². The molecule has 3 rings (SSSR count). The predicted molar refractivity (Wildman–Crippen MR) is 80.1 cm³/mol. The molecule has 0 radical (unpaired) electrons. The van der Waals surface area contributed by atoms with Crippen molar-refractivity contribution in [3.63, 3.8) is 0 Å². The summed E-state index contributed by atoms with van der Waals surface area (Å²) in [5, 5.41) is 3.95. The second-order valence-electron chi connectivity index (χ2n) is 4.21. The molecular formula is C14H10BrN3O2. The van der Waals surface area contributed by atoms with Crippen molar-refractivity contribution >= 4 is 21.8 Å². The van der Waals surface area contributed by atoms with E-state index < -0.39 is 0 Å². The fraction of sp³-hybridized carbons (Fsp3) is 0. The molecule has 100 valence electrons. The lowest BCUT2D eigenvalue weighted by molar-refractivity contribution is 0.439. The van der Waals surface area contributed by atoms with Gasteiger partial charge in [0, 0.05) is 10.5 Å². The first-order valence-electron chi connectivity index (χ1n) is 5.86. The molecule has 0 spiro atoms. The average Bonchev–Trinajstić information content (AvgIpc) is 2.80. The van der Waals surface area contributed by atoms with Gasteiger partial charge in [0.05, 0.1) is 11.3 Å². The first-order chi connectivity index (χ1) is 9.65. The summed E-state index contributed by atoms with van der Waals surface area (Å²) >= 11 is 3.42. The minimum Gasteiger partial charge on any atom is -0.367 e. The van der Waals surface area contributed by atoms with Crippen LogP contribution in [0.25, 0.3) is 22.5 Å². The Labute approximate surface area is 122 Å². The number of aromatic nitrogens is 2. The number of aromatic amines is 1. The third kappa shape index (κ3) is 2.25. The van der Waals surface area contributed by atoms with Crippen molar-refractivity contribution in [3.8, 4) is 22.5 Å². The normalized spacial score (nSPS) is 10.7. The number of H-pyrrole nitrogens is 1. The van der Waals surface area contributed by atoms with E-state index >= 15 is 0 Å². The Kier molecular flexibility index (Phi) is 3.15. The molecule has 0 atom stereocenters. The summed E-state index contributed by atoms with van der Waals surface area (Å²) in [6, 6.07) is 12.5. The maximum atomic E-state index is 11.4. The molecule has 0 saturated carbocycles. The summed E-state index contributed by atoms with van der Waals surface area (Å²) in [6.07, 6.45) is 0. The maximum Gasteiger partial charge on any atom is 0.248 e. The van der Waals surface area contributed by atoms with Crippen LogP contribution in [0, 0.1) is 0 Å². The van der Waals surface area contributed by atoms with E-state index in [-0.39, 0.29) is 11.4 Å². The van der Waals surface area contributed by atoms with Gasteiger partial charge in [-0.05, 0) is 23.8 Å². The monoisotopic (exact) mass is 331 g/mol. The first kappa shape index (κ1) is 12.7. The fourth-order valence-electron chi connectivity index (χ4n) is 2.00. The van der Waals surface area contributed by atoms with E-state index in [2.05, 4.69) is 26.1 Å². The highest BCUT2D eigenvalue weighted by atomic mass is 79.9. The molecule has 0 amide bonds. The molecule has 0 aliphatic rings. The lowest BCUT2D eigenvalue weighted by atomic mass is 10.0. The van der Waals surface area contributed by atoms with Crippen molar-refractivity contribution in [3.05, 3.63) is 57.3 Å². The number of nitrogen functional groups attached to an aromatic ring is 1. The van der Waals surface area contributed by atoms with Crippen LogP contribution < -0.4 is 11.3 Å². The predicted octanol–water partition coefficient (Wildman–Crippen LogP) is 3.04. The molecule has 0 aliphatic heterocycles. The van der Waals surface area contributed by atoms with Gasteiger partial charge in [0.2, 0.25) is 11.4 Å². The number of anilines is 1. The average molecular weight is 332 g/mol. The molecule has 2 heterocycles. The molecule has 1 aromatic carbocycles. The van der Waals surface area contributed by atoms with Crippen LogP contribution >= 0.6 is 15.9 Å². The van der Waals surface area contributed by atoms with Crippen LogP contribution in [0.15, 0.2) is 56.3 Å². The van der Waals surface area contributed by atoms with Crippen LogP contribution in [0.1, 0.15) is 0 Å². The largest absolute Gasteiger partial charge is 0.367 e. The van der Waals surface area contributed by atoms with Crippen LogP contribution in [0.5, 0.6) is 0 Å². The van der Waals surface area contributed by atoms with Gasteiger partial charge in [0.15, 0.2) is 0 Å². The Balaban J connectivity index is 2.22. The quantitative estimate of drug-likeness (QED) is 0.755. The Morgan fingerprint density at radius 3 is 2.75 bits per heavy atom. The van der Waals surface area contributed by atoms with Crippen molar-refractivity contribution in [1.29, 1.82) is 0 Å². The molecule has 2 aromatic heterocycles. The van der Waals surface area contributed by atoms with Crippen molar-refractivity contribution in [2.45, 2.75) is 0 Å². The third-order valence-electron chi connectivity index (χ3n) is 2.86. The number of hydrogen-bond acceptors (Lipinski definition) is 4. The molecule has 0 saturated heterocycles. The lowest BCUT2D eigenvalue weighted by Gasteiger charge is -2.03. The first-order valence-corrected chi connectivity index (χ1v) is 6.65. The zero-order valence-corrected chi connectivity index (χ0v) is 11.8. The molecule has 5 nitrogen and oxygen atoms in total. The molecule has 3 aromatic rings. The highest BCUT2D eigenvalue weighted by Crippen LogP contribution is 2.35. The fourth-order valence-corrected chi connectivity index (χ4v) is 2.39. The minimum absolute atomic E-state index is 0.204. The van der Waals surface area contributed by atoms with Crippen LogP contribution in [0.2, 0.25) is 0 Å². The topological polar surface area (TPSA) is 84.9 Å². The van der Waals surface area contributed by atoms with Gasteiger partial charge in [-0.25, -0.2) is 0 Å². The SMILES string of the molecule is Nc1onc(-c2cccc(=O)[nH]2)c1-c1cccc(Br)c1. The van der Waals surface area contributed by atoms with Crippen molar-refractivity contribution in [1.82, 2.24) is 10.1 Å². The Hall–Kier alpha value is -2.34. The van der Waals surface area contributed by atoms with Crippen LogP contribution in [0.4, 0.5) is 5.88 Å². The summed E-state index contributed by atoms with van der Waals surface area (Å²) in [6.45, 7) is 0. The van der Waals surface area contributed by atoms with E-state index in [4.69, 9.17) is 10.3 Å². The van der Waals surface area contributed by atoms with Crippen molar-refractivity contribution < 1.29 is 4.52 Å². The van der Waals surface area contributed by atoms with E-state index in [1.807, 2.05) is 24.3 Å². The third-order valence-corrected chi connectivity index (χ3v) is 3.35. The standard InChI is InChI=1S/C14H10BrN3O2/c15-9-4-1-3-8(7-9)12-13(18-20-14(12)16)10-5-2-6-11(19)17-10/h1-7H,16H2,(H,17,19). The second kappa shape index (κ2) is 4.97. The van der Waals surface area contributed by atoms with Gasteiger partial charge in [0.1, 0.15) is 5.69 Å². The van der Waals surface area contributed by atoms with Crippen molar-refractivity contribution in [2.24, 2.45) is 0 Å². The van der Waals surface area contributed by atoms with E-state index in [1.54, 1.807) is 12.1 Å². The molecule has 3 N–H and O–H groups in total. The highest BCUT2D eigenvalue weighted by Gasteiger charge is 2.18. The van der Waals surface area contributed by atoms with Gasteiger partial charge in [-0.15, -0.1) is 0 Å². The van der Waals surface area contributed by atoms with E-state index in [0.29, 0.717) is 17.0 Å². The molecule has 0 aliphatic carbocycles. The highest BCUT2D eigenvalue weighted by molar-refractivity contribution is 9.10. The second-order valence-corrected chi connectivity index (χ2v) is 5.13. The van der Waals surface area contributed by atoms with E-state index in [9.17, 15) is 4.79 Å². The Morgan fingerprint density at radius 1 is 1.20 bits per heavy atom. The van der Waals surface area contributed by atoms with Crippen molar-refractivity contribution in [2.75, 3.05) is 5.73 Å².